The Bertz CT molecular complexity index is 264. The second kappa shape index (κ2) is 4.72. The van der Waals surface area contributed by atoms with Gasteiger partial charge in [0.15, 0.2) is 0 Å². The van der Waals surface area contributed by atoms with E-state index in [-0.39, 0.29) is 24.1 Å². The number of aliphatic hydroxyl groups is 1. The van der Waals surface area contributed by atoms with Gasteiger partial charge in [0.25, 0.3) is 0 Å². The maximum atomic E-state index is 12.1. The molecule has 0 aliphatic carbocycles. The zero-order valence-electron chi connectivity index (χ0n) is 11.0. The van der Waals surface area contributed by atoms with Crippen LogP contribution in [0.25, 0.3) is 0 Å². The highest BCUT2D eigenvalue weighted by Gasteiger charge is 2.42. The fourth-order valence-electron chi connectivity index (χ4n) is 2.25. The molecule has 0 aromatic rings. The van der Waals surface area contributed by atoms with Crippen LogP contribution >= 0.6 is 0 Å². The standard InChI is InChI=1S/C12H24N2O2/c1-9(2)6-14-8-12(3,4)13(5)11(16)10(14)7-15/h9-10,15H,6-8H2,1-5H3. The van der Waals surface area contributed by atoms with Crippen molar-refractivity contribution in [2.24, 2.45) is 5.92 Å². The van der Waals surface area contributed by atoms with Crippen molar-refractivity contribution in [1.82, 2.24) is 9.80 Å². The molecule has 0 aromatic heterocycles. The highest BCUT2D eigenvalue weighted by atomic mass is 16.3. The van der Waals surface area contributed by atoms with Gasteiger partial charge in [-0.15, -0.1) is 0 Å². The van der Waals surface area contributed by atoms with Crippen LogP contribution in [0.2, 0.25) is 0 Å². The van der Waals surface area contributed by atoms with Gasteiger partial charge in [0.05, 0.1) is 6.61 Å². The summed E-state index contributed by atoms with van der Waals surface area (Å²) in [6.07, 6.45) is 0. The van der Waals surface area contributed by atoms with Gasteiger partial charge >= 0.3 is 0 Å². The van der Waals surface area contributed by atoms with Crippen LogP contribution in [0.4, 0.5) is 0 Å². The Labute approximate surface area is 98.2 Å². The summed E-state index contributed by atoms with van der Waals surface area (Å²) in [5.74, 6) is 0.528. The Hall–Kier alpha value is -0.610. The van der Waals surface area contributed by atoms with Crippen molar-refractivity contribution in [3.05, 3.63) is 0 Å². The van der Waals surface area contributed by atoms with E-state index in [9.17, 15) is 9.90 Å². The van der Waals surface area contributed by atoms with E-state index in [1.165, 1.54) is 0 Å². The molecule has 0 bridgehead atoms. The first-order valence-corrected chi connectivity index (χ1v) is 5.92. The van der Waals surface area contributed by atoms with E-state index in [0.717, 1.165) is 13.1 Å². The molecule has 1 aliphatic rings. The summed E-state index contributed by atoms with van der Waals surface area (Å²) < 4.78 is 0. The highest BCUT2D eigenvalue weighted by Crippen LogP contribution is 2.24. The molecule has 0 spiro atoms. The van der Waals surface area contributed by atoms with Crippen LogP contribution in [-0.2, 0) is 4.79 Å². The van der Waals surface area contributed by atoms with Gasteiger partial charge in [-0.2, -0.15) is 0 Å². The van der Waals surface area contributed by atoms with Crippen molar-refractivity contribution in [2.75, 3.05) is 26.7 Å². The van der Waals surface area contributed by atoms with Crippen LogP contribution in [0.5, 0.6) is 0 Å². The zero-order chi connectivity index (χ0) is 12.5. The van der Waals surface area contributed by atoms with Crippen LogP contribution < -0.4 is 0 Å². The summed E-state index contributed by atoms with van der Waals surface area (Å²) in [4.78, 5) is 15.9. The number of hydrogen-bond acceptors (Lipinski definition) is 3. The topological polar surface area (TPSA) is 43.8 Å². The summed E-state index contributed by atoms with van der Waals surface area (Å²) in [5, 5.41) is 9.34. The van der Waals surface area contributed by atoms with Crippen LogP contribution in [0.15, 0.2) is 0 Å². The number of likely N-dealkylation sites (N-methyl/N-ethyl adjacent to an activating group) is 1. The van der Waals surface area contributed by atoms with Gasteiger partial charge in [-0.05, 0) is 19.8 Å². The lowest BCUT2D eigenvalue weighted by atomic mass is 9.95. The largest absolute Gasteiger partial charge is 0.394 e. The maximum Gasteiger partial charge on any atom is 0.242 e. The van der Waals surface area contributed by atoms with Gasteiger partial charge in [-0.1, -0.05) is 13.8 Å². The van der Waals surface area contributed by atoms with Gasteiger partial charge in [0.1, 0.15) is 6.04 Å². The third kappa shape index (κ3) is 2.55. The quantitative estimate of drug-likeness (QED) is 0.767. The average molecular weight is 228 g/mol. The second-order valence-electron chi connectivity index (χ2n) is 5.73. The summed E-state index contributed by atoms with van der Waals surface area (Å²) in [6.45, 7) is 9.96. The minimum atomic E-state index is -0.361. The lowest BCUT2D eigenvalue weighted by Gasteiger charge is -2.49. The summed E-state index contributed by atoms with van der Waals surface area (Å²) in [5.41, 5.74) is -0.155. The van der Waals surface area contributed by atoms with E-state index in [2.05, 4.69) is 32.6 Å². The van der Waals surface area contributed by atoms with Crippen molar-refractivity contribution in [1.29, 1.82) is 0 Å². The Morgan fingerprint density at radius 3 is 2.50 bits per heavy atom. The minimum Gasteiger partial charge on any atom is -0.394 e. The van der Waals surface area contributed by atoms with E-state index in [4.69, 9.17) is 0 Å². The lowest BCUT2D eigenvalue weighted by molar-refractivity contribution is -0.151. The van der Waals surface area contributed by atoms with Crippen molar-refractivity contribution >= 4 is 5.91 Å². The Morgan fingerprint density at radius 2 is 2.06 bits per heavy atom. The number of aliphatic hydroxyl groups excluding tert-OH is 1. The molecule has 0 aromatic carbocycles. The number of piperazine rings is 1. The number of amides is 1. The molecule has 16 heavy (non-hydrogen) atoms. The van der Waals surface area contributed by atoms with Gasteiger partial charge in [-0.25, -0.2) is 0 Å². The number of carbonyl (C=O) groups excluding carboxylic acids is 1. The molecule has 1 N–H and O–H groups in total. The summed E-state index contributed by atoms with van der Waals surface area (Å²) in [7, 11) is 1.82. The molecule has 1 fully saturated rings. The SMILES string of the molecule is CC(C)CN1CC(C)(C)N(C)C(=O)C1CO. The molecule has 1 unspecified atom stereocenters. The fraction of sp³-hybridized carbons (Fsp3) is 0.917. The summed E-state index contributed by atoms with van der Waals surface area (Å²) in [6, 6.07) is -0.361. The van der Waals surface area contributed by atoms with Gasteiger partial charge in [-0.3, -0.25) is 9.69 Å². The van der Waals surface area contributed by atoms with Crippen LogP contribution in [0.1, 0.15) is 27.7 Å². The van der Waals surface area contributed by atoms with E-state index >= 15 is 0 Å². The third-order valence-corrected chi connectivity index (χ3v) is 3.33. The molecule has 1 atom stereocenters. The number of nitrogens with zero attached hydrogens (tertiary/aromatic N) is 2. The Balaban J connectivity index is 2.86. The lowest BCUT2D eigenvalue weighted by Crippen LogP contribution is -2.66. The molecule has 1 heterocycles. The summed E-state index contributed by atoms with van der Waals surface area (Å²) >= 11 is 0. The molecule has 4 nitrogen and oxygen atoms in total. The number of hydrogen-bond donors (Lipinski definition) is 1. The first kappa shape index (κ1) is 13.5. The van der Waals surface area contributed by atoms with Crippen molar-refractivity contribution < 1.29 is 9.90 Å². The molecule has 4 heteroatoms. The molecule has 0 saturated carbocycles. The Kier molecular flexibility index (Phi) is 3.97. The van der Waals surface area contributed by atoms with Crippen LogP contribution in [-0.4, -0.2) is 59.1 Å². The van der Waals surface area contributed by atoms with E-state index in [0.29, 0.717) is 5.92 Å². The van der Waals surface area contributed by atoms with E-state index in [1.54, 1.807) is 4.90 Å². The average Bonchev–Trinajstić information content (AvgIpc) is 2.13. The monoisotopic (exact) mass is 228 g/mol. The first-order valence-electron chi connectivity index (χ1n) is 5.92. The number of rotatable bonds is 3. The third-order valence-electron chi connectivity index (χ3n) is 3.33. The van der Waals surface area contributed by atoms with Gasteiger partial charge in [0, 0.05) is 25.7 Å². The first-order chi connectivity index (χ1) is 7.29. The van der Waals surface area contributed by atoms with Gasteiger partial charge < -0.3 is 10.0 Å². The predicted octanol–water partition coefficient (Wildman–Crippen LogP) is 0.556. The van der Waals surface area contributed by atoms with E-state index < -0.39 is 0 Å². The molecule has 1 aliphatic heterocycles. The van der Waals surface area contributed by atoms with Crippen LogP contribution in [0, 0.1) is 5.92 Å². The predicted molar refractivity (Wildman–Crippen MR) is 64.1 cm³/mol. The smallest absolute Gasteiger partial charge is 0.242 e. The van der Waals surface area contributed by atoms with Crippen molar-refractivity contribution in [2.45, 2.75) is 39.3 Å². The van der Waals surface area contributed by atoms with Crippen molar-refractivity contribution in [3.8, 4) is 0 Å². The maximum absolute atomic E-state index is 12.1. The van der Waals surface area contributed by atoms with Gasteiger partial charge in [0.2, 0.25) is 5.91 Å². The fourth-order valence-corrected chi connectivity index (χ4v) is 2.25. The number of carbonyl (C=O) groups is 1. The molecular weight excluding hydrogens is 204 g/mol. The highest BCUT2D eigenvalue weighted by molar-refractivity contribution is 5.83. The van der Waals surface area contributed by atoms with Crippen LogP contribution in [0.3, 0.4) is 0 Å². The molecule has 0 radical (unpaired) electrons. The second-order valence-corrected chi connectivity index (χ2v) is 5.73. The molecule has 94 valence electrons. The molecule has 1 saturated heterocycles. The molecular formula is C12H24N2O2. The normalized spacial score (nSPS) is 26.6. The minimum absolute atomic E-state index is 0.0272. The zero-order valence-corrected chi connectivity index (χ0v) is 11.0. The Morgan fingerprint density at radius 1 is 1.50 bits per heavy atom. The molecule has 1 rings (SSSR count). The van der Waals surface area contributed by atoms with E-state index in [1.807, 2.05) is 7.05 Å². The molecule has 1 amide bonds. The van der Waals surface area contributed by atoms with Crippen molar-refractivity contribution in [3.63, 3.8) is 0 Å².